The van der Waals surface area contributed by atoms with Crippen LogP contribution in [0.15, 0.2) is 229 Å². The van der Waals surface area contributed by atoms with E-state index in [4.69, 9.17) is 14.4 Å². The Morgan fingerprint density at radius 2 is 0.887 bits per heavy atom. The molecule has 0 radical (unpaired) electrons. The molecule has 0 bridgehead atoms. The monoisotopic (exact) mass is 791 g/mol. The third-order valence-corrected chi connectivity index (χ3v) is 12.0. The third-order valence-electron chi connectivity index (χ3n) is 12.0. The summed E-state index contributed by atoms with van der Waals surface area (Å²) in [6, 6.07) is 79.2. The van der Waals surface area contributed by atoms with E-state index in [0.717, 1.165) is 89.0 Å². The lowest BCUT2D eigenvalue weighted by Crippen LogP contribution is -1.97. The first kappa shape index (κ1) is 35.6. The lowest BCUT2D eigenvalue weighted by atomic mass is 9.98. The van der Waals surface area contributed by atoms with E-state index in [1.54, 1.807) is 0 Å². The number of benzene rings is 9. The van der Waals surface area contributed by atoms with Gasteiger partial charge in [-0.2, -0.15) is 0 Å². The number of fused-ring (bicyclic) bond motifs is 6. The van der Waals surface area contributed by atoms with E-state index in [2.05, 4.69) is 211 Å². The number of rotatable bonds is 7. The van der Waals surface area contributed by atoms with Gasteiger partial charge in [0, 0.05) is 43.9 Å². The Morgan fingerprint density at radius 1 is 0.323 bits per heavy atom. The van der Waals surface area contributed by atoms with Gasteiger partial charge in [-0.1, -0.05) is 170 Å². The SMILES string of the molecule is c1ccc(-c2cccc(-c3cccc(-c4nc(-c5ccccc5)cc(-c5ccc6c7ccccc7n(-c7cccc(-c8cccc9oc%10ccccc%10c89)c7)c6c5)n4)c3)c2)cc1. The molecule has 62 heavy (non-hydrogen) atoms. The smallest absolute Gasteiger partial charge is 0.160 e. The summed E-state index contributed by atoms with van der Waals surface area (Å²) in [4.78, 5) is 10.5. The summed E-state index contributed by atoms with van der Waals surface area (Å²) in [5, 5.41) is 4.63. The molecule has 0 aliphatic heterocycles. The average Bonchev–Trinajstić information content (AvgIpc) is 3.90. The van der Waals surface area contributed by atoms with Gasteiger partial charge in [0.1, 0.15) is 11.2 Å². The van der Waals surface area contributed by atoms with Crippen molar-refractivity contribution in [3.8, 4) is 73.0 Å². The van der Waals surface area contributed by atoms with Crippen molar-refractivity contribution in [2.45, 2.75) is 0 Å². The van der Waals surface area contributed by atoms with E-state index in [1.165, 1.54) is 21.9 Å². The first-order valence-corrected chi connectivity index (χ1v) is 21.0. The van der Waals surface area contributed by atoms with Crippen LogP contribution in [0.25, 0.3) is 117 Å². The van der Waals surface area contributed by atoms with Crippen LogP contribution in [-0.4, -0.2) is 14.5 Å². The van der Waals surface area contributed by atoms with E-state index in [-0.39, 0.29) is 0 Å². The molecule has 0 saturated heterocycles. The average molecular weight is 792 g/mol. The highest BCUT2D eigenvalue weighted by molar-refractivity contribution is 6.13. The molecule has 290 valence electrons. The molecule has 4 nitrogen and oxygen atoms in total. The fraction of sp³-hybridized carbons (Fsp3) is 0. The number of para-hydroxylation sites is 2. The molecule has 0 atom stereocenters. The fourth-order valence-corrected chi connectivity index (χ4v) is 9.06. The van der Waals surface area contributed by atoms with Gasteiger partial charge >= 0.3 is 0 Å². The summed E-state index contributed by atoms with van der Waals surface area (Å²) >= 11 is 0. The van der Waals surface area contributed by atoms with Crippen LogP contribution in [0.3, 0.4) is 0 Å². The number of nitrogens with zero attached hydrogens (tertiary/aromatic N) is 3. The van der Waals surface area contributed by atoms with Crippen molar-refractivity contribution in [1.29, 1.82) is 0 Å². The van der Waals surface area contributed by atoms with Gasteiger partial charge in [-0.3, -0.25) is 0 Å². The Kier molecular flexibility index (Phi) is 8.46. The van der Waals surface area contributed by atoms with Gasteiger partial charge in [-0.05, 0) is 88.0 Å². The van der Waals surface area contributed by atoms with Crippen molar-refractivity contribution >= 4 is 43.7 Å². The zero-order valence-electron chi connectivity index (χ0n) is 33.6. The Morgan fingerprint density at radius 3 is 1.69 bits per heavy atom. The number of furan rings is 1. The minimum atomic E-state index is 0.678. The van der Waals surface area contributed by atoms with Gasteiger partial charge in [0.2, 0.25) is 0 Å². The number of aromatic nitrogens is 3. The second kappa shape index (κ2) is 14.7. The van der Waals surface area contributed by atoms with Crippen LogP contribution in [0, 0.1) is 0 Å². The molecule has 0 aliphatic carbocycles. The van der Waals surface area contributed by atoms with Crippen molar-refractivity contribution < 1.29 is 4.42 Å². The van der Waals surface area contributed by atoms with Crippen molar-refractivity contribution in [2.75, 3.05) is 0 Å². The standard InChI is InChI=1S/C58H37N3O/c1-3-15-38(16-4-1)40-19-11-20-41(33-40)42-21-12-23-45(34-42)58-59-51(39-17-5-2-6-18-39)37-52(60-58)44-31-32-49-48-25-7-9-28-53(48)61(54(49)36-44)46-24-13-22-43(35-46)47-27-14-30-56-57(47)50-26-8-10-29-55(50)62-56/h1-37H. The zero-order valence-corrected chi connectivity index (χ0v) is 33.6. The Labute approximate surface area is 358 Å². The van der Waals surface area contributed by atoms with Gasteiger partial charge in [-0.25, -0.2) is 9.97 Å². The predicted molar refractivity (Wildman–Crippen MR) is 256 cm³/mol. The Balaban J connectivity index is 1.01. The summed E-state index contributed by atoms with van der Waals surface area (Å²) in [6.07, 6.45) is 0. The molecule has 0 amide bonds. The molecule has 0 N–H and O–H groups in total. The number of hydrogen-bond donors (Lipinski definition) is 0. The van der Waals surface area contributed by atoms with E-state index in [0.29, 0.717) is 5.82 Å². The molecule has 0 spiro atoms. The van der Waals surface area contributed by atoms with Crippen LogP contribution in [0.1, 0.15) is 0 Å². The van der Waals surface area contributed by atoms with E-state index in [9.17, 15) is 0 Å². The normalized spacial score (nSPS) is 11.5. The summed E-state index contributed by atoms with van der Waals surface area (Å²) in [7, 11) is 0. The molecule has 3 aromatic heterocycles. The molecule has 4 heteroatoms. The molecule has 0 aliphatic rings. The van der Waals surface area contributed by atoms with Crippen molar-refractivity contribution in [3.05, 3.63) is 224 Å². The maximum atomic E-state index is 6.29. The quantitative estimate of drug-likeness (QED) is 0.161. The summed E-state index contributed by atoms with van der Waals surface area (Å²) in [6.45, 7) is 0. The van der Waals surface area contributed by atoms with Crippen LogP contribution in [0.2, 0.25) is 0 Å². The van der Waals surface area contributed by atoms with E-state index >= 15 is 0 Å². The van der Waals surface area contributed by atoms with Crippen LogP contribution in [0.5, 0.6) is 0 Å². The zero-order chi connectivity index (χ0) is 41.0. The lowest BCUT2D eigenvalue weighted by Gasteiger charge is -2.13. The lowest BCUT2D eigenvalue weighted by molar-refractivity contribution is 0.669. The molecule has 3 heterocycles. The second-order valence-electron chi connectivity index (χ2n) is 15.8. The molecule has 0 fully saturated rings. The fourth-order valence-electron chi connectivity index (χ4n) is 9.06. The summed E-state index contributed by atoms with van der Waals surface area (Å²) in [5.74, 6) is 0.678. The van der Waals surface area contributed by atoms with Crippen LogP contribution in [-0.2, 0) is 0 Å². The molecule has 12 aromatic rings. The first-order valence-electron chi connectivity index (χ1n) is 21.0. The van der Waals surface area contributed by atoms with Gasteiger partial charge in [0.15, 0.2) is 5.82 Å². The van der Waals surface area contributed by atoms with Crippen molar-refractivity contribution in [2.24, 2.45) is 0 Å². The van der Waals surface area contributed by atoms with Gasteiger partial charge in [-0.15, -0.1) is 0 Å². The highest BCUT2D eigenvalue weighted by atomic mass is 16.3. The van der Waals surface area contributed by atoms with Crippen LogP contribution in [0.4, 0.5) is 0 Å². The van der Waals surface area contributed by atoms with Gasteiger partial charge < -0.3 is 8.98 Å². The molecule has 0 unspecified atom stereocenters. The van der Waals surface area contributed by atoms with E-state index in [1.807, 2.05) is 18.2 Å². The van der Waals surface area contributed by atoms with Crippen molar-refractivity contribution in [1.82, 2.24) is 14.5 Å². The highest BCUT2D eigenvalue weighted by Gasteiger charge is 2.18. The molecular formula is C58H37N3O. The third kappa shape index (κ3) is 6.16. The maximum absolute atomic E-state index is 6.29. The Bertz CT molecular complexity index is 3640. The van der Waals surface area contributed by atoms with Crippen LogP contribution >= 0.6 is 0 Å². The van der Waals surface area contributed by atoms with E-state index < -0.39 is 0 Å². The predicted octanol–water partition coefficient (Wildman–Crippen LogP) is 15.5. The van der Waals surface area contributed by atoms with Crippen LogP contribution < -0.4 is 0 Å². The topological polar surface area (TPSA) is 43.9 Å². The van der Waals surface area contributed by atoms with Crippen molar-refractivity contribution in [3.63, 3.8) is 0 Å². The molecule has 12 rings (SSSR count). The summed E-state index contributed by atoms with van der Waals surface area (Å²) < 4.78 is 8.68. The molecular weight excluding hydrogens is 755 g/mol. The highest BCUT2D eigenvalue weighted by Crippen LogP contribution is 2.40. The minimum absolute atomic E-state index is 0.678. The molecule has 0 saturated carbocycles. The molecule has 9 aromatic carbocycles. The largest absolute Gasteiger partial charge is 0.456 e. The van der Waals surface area contributed by atoms with Gasteiger partial charge in [0.05, 0.1) is 22.4 Å². The number of hydrogen-bond acceptors (Lipinski definition) is 3. The van der Waals surface area contributed by atoms with Gasteiger partial charge in [0.25, 0.3) is 0 Å². The summed E-state index contributed by atoms with van der Waals surface area (Å²) in [5.41, 5.74) is 16.8. The second-order valence-corrected chi connectivity index (χ2v) is 15.8. The minimum Gasteiger partial charge on any atom is -0.456 e. The maximum Gasteiger partial charge on any atom is 0.160 e. The Hall–Kier alpha value is -8.34. The first-order chi connectivity index (χ1) is 30.7.